The monoisotopic (exact) mass is 291 g/mol. The number of halogens is 1. The molecule has 0 saturated heterocycles. The predicted molar refractivity (Wildman–Crippen MR) is 84.3 cm³/mol. The quantitative estimate of drug-likeness (QED) is 0.861. The molecule has 2 aromatic rings. The lowest BCUT2D eigenvalue weighted by molar-refractivity contribution is 0.674. The second-order valence-electron chi connectivity index (χ2n) is 4.68. The van der Waals surface area contributed by atoms with Gasteiger partial charge in [0.2, 0.25) is 0 Å². The van der Waals surface area contributed by atoms with Crippen molar-refractivity contribution in [2.24, 2.45) is 10.9 Å². The fourth-order valence-electron chi connectivity index (χ4n) is 1.99. The number of thioether (sulfide) groups is 1. The first-order valence-corrected chi connectivity index (χ1v) is 7.58. The van der Waals surface area contributed by atoms with Gasteiger partial charge in [-0.25, -0.2) is 0 Å². The van der Waals surface area contributed by atoms with Crippen LogP contribution in [-0.2, 0) is 0 Å². The number of aromatic nitrogens is 1. The van der Waals surface area contributed by atoms with E-state index >= 15 is 0 Å². The Morgan fingerprint density at radius 1 is 1.37 bits per heavy atom. The number of hydrogen-bond donors (Lipinski definition) is 1. The maximum Gasteiger partial charge on any atom is 0.161 e. The summed E-state index contributed by atoms with van der Waals surface area (Å²) >= 11 is 7.94. The minimum absolute atomic E-state index is 0.649. The number of fused-ring (bicyclic) bond motifs is 1. The van der Waals surface area contributed by atoms with E-state index in [9.17, 15) is 0 Å². The molecular weight excluding hydrogens is 278 g/mol. The number of anilines is 1. The molecule has 3 rings (SSSR count). The Bertz CT molecular complexity index is 642. The van der Waals surface area contributed by atoms with Gasteiger partial charge in [0.25, 0.3) is 0 Å². The lowest BCUT2D eigenvalue weighted by Crippen LogP contribution is -2.18. The lowest BCUT2D eigenvalue weighted by Gasteiger charge is -2.18. The number of hydrogen-bond acceptors (Lipinski definition) is 4. The zero-order chi connectivity index (χ0) is 13.2. The molecular formula is C14H14ClN3S. The van der Waals surface area contributed by atoms with Gasteiger partial charge in [-0.15, -0.1) is 0 Å². The number of aliphatic imine (C=N–C) groups is 1. The van der Waals surface area contributed by atoms with Gasteiger partial charge in [-0.1, -0.05) is 30.3 Å². The smallest absolute Gasteiger partial charge is 0.161 e. The Morgan fingerprint density at radius 2 is 2.26 bits per heavy atom. The number of benzene rings is 1. The first kappa shape index (κ1) is 12.8. The molecule has 98 valence electrons. The highest BCUT2D eigenvalue weighted by atomic mass is 35.5. The van der Waals surface area contributed by atoms with Crippen LogP contribution < -0.4 is 5.32 Å². The summed E-state index contributed by atoms with van der Waals surface area (Å²) < 4.78 is 0. The van der Waals surface area contributed by atoms with Gasteiger partial charge in [0.1, 0.15) is 0 Å². The van der Waals surface area contributed by atoms with Crippen LogP contribution in [0.5, 0.6) is 0 Å². The van der Waals surface area contributed by atoms with Crippen LogP contribution in [-0.4, -0.2) is 22.4 Å². The van der Waals surface area contributed by atoms with E-state index in [2.05, 4.69) is 22.2 Å². The highest BCUT2D eigenvalue weighted by Gasteiger charge is 2.13. The Balaban J connectivity index is 1.95. The number of nitrogens with zero attached hydrogens (tertiary/aromatic N) is 2. The average Bonchev–Trinajstić information content (AvgIpc) is 2.45. The fourth-order valence-corrected chi connectivity index (χ4v) is 3.10. The van der Waals surface area contributed by atoms with Gasteiger partial charge in [-0.05, 0) is 30.2 Å². The SMILES string of the molecule is CC1CN=C(Nc2ccc(Cl)c3cccnc23)SC1. The van der Waals surface area contributed by atoms with Gasteiger partial charge in [0.05, 0.1) is 16.2 Å². The molecule has 0 radical (unpaired) electrons. The predicted octanol–water partition coefficient (Wildman–Crippen LogP) is 4.04. The number of pyridine rings is 1. The van der Waals surface area contributed by atoms with Crippen LogP contribution in [0.4, 0.5) is 5.69 Å². The average molecular weight is 292 g/mol. The molecule has 1 aromatic carbocycles. The number of nitrogens with one attached hydrogen (secondary N) is 1. The van der Waals surface area contributed by atoms with Crippen molar-refractivity contribution in [2.75, 3.05) is 17.6 Å². The van der Waals surface area contributed by atoms with Crippen molar-refractivity contribution in [3.63, 3.8) is 0 Å². The summed E-state index contributed by atoms with van der Waals surface area (Å²) in [6, 6.07) is 7.73. The molecule has 0 fully saturated rings. The minimum atomic E-state index is 0.649. The Kier molecular flexibility index (Phi) is 3.62. The van der Waals surface area contributed by atoms with E-state index in [4.69, 9.17) is 11.6 Å². The van der Waals surface area contributed by atoms with Crippen LogP contribution in [0.2, 0.25) is 5.02 Å². The molecule has 0 bridgehead atoms. The topological polar surface area (TPSA) is 37.3 Å². The van der Waals surface area contributed by atoms with Crippen LogP contribution >= 0.6 is 23.4 Å². The van der Waals surface area contributed by atoms with E-state index in [1.165, 1.54) is 0 Å². The molecule has 1 aliphatic heterocycles. The van der Waals surface area contributed by atoms with Crippen molar-refractivity contribution in [1.82, 2.24) is 4.98 Å². The second kappa shape index (κ2) is 5.39. The van der Waals surface area contributed by atoms with E-state index in [-0.39, 0.29) is 0 Å². The van der Waals surface area contributed by atoms with Gasteiger partial charge >= 0.3 is 0 Å². The van der Waals surface area contributed by atoms with Crippen LogP contribution in [0.25, 0.3) is 10.9 Å². The minimum Gasteiger partial charge on any atom is -0.333 e. The van der Waals surface area contributed by atoms with Crippen molar-refractivity contribution in [2.45, 2.75) is 6.92 Å². The summed E-state index contributed by atoms with van der Waals surface area (Å²) in [7, 11) is 0. The Hall–Kier alpha value is -1.26. The summed E-state index contributed by atoms with van der Waals surface area (Å²) in [5, 5.41) is 6.01. The molecule has 0 saturated carbocycles. The largest absolute Gasteiger partial charge is 0.333 e. The summed E-state index contributed by atoms with van der Waals surface area (Å²) in [6.45, 7) is 3.10. The van der Waals surface area contributed by atoms with Crippen LogP contribution in [0, 0.1) is 5.92 Å². The molecule has 19 heavy (non-hydrogen) atoms. The van der Waals surface area contributed by atoms with Crippen LogP contribution in [0.1, 0.15) is 6.92 Å². The molecule has 1 aliphatic rings. The van der Waals surface area contributed by atoms with Crippen molar-refractivity contribution in [3.8, 4) is 0 Å². The molecule has 1 unspecified atom stereocenters. The van der Waals surface area contributed by atoms with E-state index in [1.54, 1.807) is 18.0 Å². The Labute approximate surface area is 121 Å². The normalized spacial score (nSPS) is 19.3. The maximum absolute atomic E-state index is 6.19. The first-order chi connectivity index (χ1) is 9.24. The van der Waals surface area contributed by atoms with Gasteiger partial charge < -0.3 is 5.32 Å². The molecule has 1 N–H and O–H groups in total. The van der Waals surface area contributed by atoms with E-state index in [0.29, 0.717) is 5.92 Å². The molecule has 5 heteroatoms. The Morgan fingerprint density at radius 3 is 3.05 bits per heavy atom. The summed E-state index contributed by atoms with van der Waals surface area (Å²) in [5.41, 5.74) is 1.85. The molecule has 1 aromatic heterocycles. The van der Waals surface area contributed by atoms with Gasteiger partial charge in [0, 0.05) is 23.9 Å². The van der Waals surface area contributed by atoms with Gasteiger partial charge in [-0.2, -0.15) is 0 Å². The maximum atomic E-state index is 6.19. The molecule has 1 atom stereocenters. The first-order valence-electron chi connectivity index (χ1n) is 6.21. The molecule has 2 heterocycles. The lowest BCUT2D eigenvalue weighted by atomic mass is 10.2. The van der Waals surface area contributed by atoms with Crippen molar-refractivity contribution >= 4 is 45.1 Å². The van der Waals surface area contributed by atoms with Crippen molar-refractivity contribution in [1.29, 1.82) is 0 Å². The molecule has 3 nitrogen and oxygen atoms in total. The van der Waals surface area contributed by atoms with Gasteiger partial charge in [0.15, 0.2) is 5.17 Å². The highest BCUT2D eigenvalue weighted by Crippen LogP contribution is 2.29. The summed E-state index contributed by atoms with van der Waals surface area (Å²) in [4.78, 5) is 8.95. The zero-order valence-electron chi connectivity index (χ0n) is 10.6. The summed E-state index contributed by atoms with van der Waals surface area (Å²) in [5.74, 6) is 1.75. The highest BCUT2D eigenvalue weighted by molar-refractivity contribution is 8.14. The third-order valence-electron chi connectivity index (χ3n) is 3.01. The fraction of sp³-hybridized carbons (Fsp3) is 0.286. The molecule has 0 spiro atoms. The van der Waals surface area contributed by atoms with E-state index in [1.807, 2.05) is 24.3 Å². The van der Waals surface area contributed by atoms with Crippen molar-refractivity contribution < 1.29 is 0 Å². The van der Waals surface area contributed by atoms with E-state index in [0.717, 1.165) is 39.1 Å². The number of rotatable bonds is 1. The van der Waals surface area contributed by atoms with Gasteiger partial charge in [-0.3, -0.25) is 9.98 Å². The summed E-state index contributed by atoms with van der Waals surface area (Å²) in [6.07, 6.45) is 1.78. The molecule has 0 aliphatic carbocycles. The zero-order valence-corrected chi connectivity index (χ0v) is 12.1. The van der Waals surface area contributed by atoms with E-state index < -0.39 is 0 Å². The third kappa shape index (κ3) is 2.69. The van der Waals surface area contributed by atoms with Crippen LogP contribution in [0.15, 0.2) is 35.5 Å². The standard InChI is InChI=1S/C14H14ClN3S/c1-9-7-17-14(19-8-9)18-12-5-4-11(15)10-3-2-6-16-13(10)12/h2-6,9H,7-8H2,1H3,(H,17,18). The van der Waals surface area contributed by atoms with Crippen molar-refractivity contribution in [3.05, 3.63) is 35.5 Å². The second-order valence-corrected chi connectivity index (χ2v) is 6.10. The molecule has 0 amide bonds. The third-order valence-corrected chi connectivity index (χ3v) is 4.58. The number of amidine groups is 1. The van der Waals surface area contributed by atoms with Crippen LogP contribution in [0.3, 0.4) is 0 Å².